The Morgan fingerprint density at radius 2 is 1.65 bits per heavy atom. The van der Waals surface area contributed by atoms with Gasteiger partial charge in [0.1, 0.15) is 5.75 Å². The number of nitro groups is 1. The fourth-order valence-corrected chi connectivity index (χ4v) is 2.47. The van der Waals surface area contributed by atoms with Gasteiger partial charge in [-0.1, -0.05) is 32.6 Å². The average molecular weight is 356 g/mol. The standard InChI is InChI=1S/C20H24N2O4/c1-2-3-4-5-6-15-26-19-13-9-17(10-14-19)21-20(23)16-7-11-18(12-8-16)22(24)25/h7-14H,2-6,15H2,1H3,(H,21,23). The Kier molecular flexibility index (Phi) is 7.61. The highest BCUT2D eigenvalue weighted by Crippen LogP contribution is 2.18. The Bertz CT molecular complexity index is 712. The first kappa shape index (κ1) is 19.4. The summed E-state index contributed by atoms with van der Waals surface area (Å²) in [5.74, 6) is 0.457. The summed E-state index contributed by atoms with van der Waals surface area (Å²) in [6.07, 6.45) is 5.96. The second kappa shape index (κ2) is 10.2. The van der Waals surface area contributed by atoms with E-state index in [-0.39, 0.29) is 11.6 Å². The normalized spacial score (nSPS) is 10.3. The molecule has 0 bridgehead atoms. The molecule has 138 valence electrons. The molecule has 0 aliphatic rings. The van der Waals surface area contributed by atoms with Crippen LogP contribution in [0.3, 0.4) is 0 Å². The molecule has 2 aromatic rings. The number of hydrogen-bond donors (Lipinski definition) is 1. The van der Waals surface area contributed by atoms with Crippen molar-refractivity contribution in [1.82, 2.24) is 0 Å². The molecule has 6 heteroatoms. The van der Waals surface area contributed by atoms with E-state index in [0.717, 1.165) is 12.2 Å². The Morgan fingerprint density at radius 3 is 2.27 bits per heavy atom. The number of amides is 1. The molecule has 0 atom stereocenters. The van der Waals surface area contributed by atoms with Crippen molar-refractivity contribution in [3.05, 3.63) is 64.2 Å². The Labute approximate surface area is 153 Å². The van der Waals surface area contributed by atoms with Crippen molar-refractivity contribution in [3.8, 4) is 5.75 Å². The summed E-state index contributed by atoms with van der Waals surface area (Å²) in [7, 11) is 0. The van der Waals surface area contributed by atoms with Gasteiger partial charge in [-0.05, 0) is 42.8 Å². The summed E-state index contributed by atoms with van der Waals surface area (Å²) in [6, 6.07) is 12.7. The van der Waals surface area contributed by atoms with Crippen LogP contribution in [0.5, 0.6) is 5.75 Å². The van der Waals surface area contributed by atoms with Gasteiger partial charge in [0.2, 0.25) is 0 Å². The van der Waals surface area contributed by atoms with Crippen LogP contribution in [0.4, 0.5) is 11.4 Å². The molecule has 0 saturated heterocycles. The lowest BCUT2D eigenvalue weighted by molar-refractivity contribution is -0.384. The van der Waals surface area contributed by atoms with Crippen LogP contribution in [-0.4, -0.2) is 17.4 Å². The number of nitrogens with zero attached hydrogens (tertiary/aromatic N) is 1. The summed E-state index contributed by atoms with van der Waals surface area (Å²) in [5, 5.41) is 13.4. The van der Waals surface area contributed by atoms with Crippen LogP contribution in [-0.2, 0) is 0 Å². The smallest absolute Gasteiger partial charge is 0.269 e. The van der Waals surface area contributed by atoms with Gasteiger partial charge in [-0.3, -0.25) is 14.9 Å². The van der Waals surface area contributed by atoms with Crippen molar-refractivity contribution in [3.63, 3.8) is 0 Å². The number of carbonyl (C=O) groups is 1. The number of ether oxygens (including phenoxy) is 1. The van der Waals surface area contributed by atoms with E-state index in [9.17, 15) is 14.9 Å². The van der Waals surface area contributed by atoms with Gasteiger partial charge in [-0.25, -0.2) is 0 Å². The van der Waals surface area contributed by atoms with Crippen LogP contribution >= 0.6 is 0 Å². The molecule has 0 aliphatic heterocycles. The quantitative estimate of drug-likeness (QED) is 0.360. The maximum atomic E-state index is 12.2. The first-order valence-electron chi connectivity index (χ1n) is 8.89. The lowest BCUT2D eigenvalue weighted by Crippen LogP contribution is -2.11. The number of nitro benzene ring substituents is 1. The first-order valence-corrected chi connectivity index (χ1v) is 8.89. The fourth-order valence-electron chi connectivity index (χ4n) is 2.47. The van der Waals surface area contributed by atoms with E-state index < -0.39 is 4.92 Å². The molecule has 0 saturated carbocycles. The highest BCUT2D eigenvalue weighted by atomic mass is 16.6. The minimum absolute atomic E-state index is 0.0438. The zero-order valence-corrected chi connectivity index (χ0v) is 14.9. The van der Waals surface area contributed by atoms with Crippen LogP contribution < -0.4 is 10.1 Å². The maximum absolute atomic E-state index is 12.2. The third-order valence-electron chi connectivity index (χ3n) is 3.97. The molecule has 0 aliphatic carbocycles. The van der Waals surface area contributed by atoms with Crippen molar-refractivity contribution in [2.45, 2.75) is 39.0 Å². The predicted molar refractivity (Wildman–Crippen MR) is 102 cm³/mol. The van der Waals surface area contributed by atoms with Crippen LogP contribution in [0.2, 0.25) is 0 Å². The molecule has 0 spiro atoms. The number of unbranched alkanes of at least 4 members (excludes halogenated alkanes) is 4. The number of non-ortho nitro benzene ring substituents is 1. The van der Waals surface area contributed by atoms with Gasteiger partial charge in [0.15, 0.2) is 0 Å². The number of hydrogen-bond acceptors (Lipinski definition) is 4. The van der Waals surface area contributed by atoms with Gasteiger partial charge in [-0.15, -0.1) is 0 Å². The number of nitrogens with one attached hydrogen (secondary N) is 1. The number of carbonyl (C=O) groups excluding carboxylic acids is 1. The number of rotatable bonds is 10. The lowest BCUT2D eigenvalue weighted by Gasteiger charge is -2.08. The zero-order chi connectivity index (χ0) is 18.8. The molecule has 0 aromatic heterocycles. The van der Waals surface area contributed by atoms with Gasteiger partial charge >= 0.3 is 0 Å². The molecule has 2 rings (SSSR count). The van der Waals surface area contributed by atoms with E-state index in [1.54, 1.807) is 12.1 Å². The fraction of sp³-hybridized carbons (Fsp3) is 0.350. The Hall–Kier alpha value is -2.89. The van der Waals surface area contributed by atoms with Gasteiger partial charge in [0.25, 0.3) is 11.6 Å². The summed E-state index contributed by atoms with van der Waals surface area (Å²) < 4.78 is 5.69. The second-order valence-electron chi connectivity index (χ2n) is 6.05. The topological polar surface area (TPSA) is 81.5 Å². The van der Waals surface area contributed by atoms with Crippen molar-refractivity contribution >= 4 is 17.3 Å². The highest BCUT2D eigenvalue weighted by molar-refractivity contribution is 6.04. The van der Waals surface area contributed by atoms with E-state index in [1.807, 2.05) is 12.1 Å². The van der Waals surface area contributed by atoms with E-state index in [4.69, 9.17) is 4.74 Å². The van der Waals surface area contributed by atoms with Gasteiger partial charge in [0, 0.05) is 23.4 Å². The van der Waals surface area contributed by atoms with E-state index in [2.05, 4.69) is 12.2 Å². The number of benzene rings is 2. The molecular weight excluding hydrogens is 332 g/mol. The van der Waals surface area contributed by atoms with E-state index in [1.165, 1.54) is 49.9 Å². The average Bonchev–Trinajstić information content (AvgIpc) is 2.66. The Balaban J connectivity index is 1.80. The lowest BCUT2D eigenvalue weighted by atomic mass is 10.2. The SMILES string of the molecule is CCCCCCCOc1ccc(NC(=O)c2ccc([N+](=O)[O-])cc2)cc1. The molecule has 1 N–H and O–H groups in total. The van der Waals surface area contributed by atoms with E-state index >= 15 is 0 Å². The molecular formula is C20H24N2O4. The van der Waals surface area contributed by atoms with Crippen molar-refractivity contribution in [2.75, 3.05) is 11.9 Å². The summed E-state index contributed by atoms with van der Waals surface area (Å²) in [6.45, 7) is 2.89. The van der Waals surface area contributed by atoms with Crippen LogP contribution in [0.15, 0.2) is 48.5 Å². The minimum Gasteiger partial charge on any atom is -0.494 e. The molecule has 0 fully saturated rings. The first-order chi connectivity index (χ1) is 12.6. The van der Waals surface area contributed by atoms with Gasteiger partial charge in [0.05, 0.1) is 11.5 Å². The summed E-state index contributed by atoms with van der Waals surface area (Å²) in [4.78, 5) is 22.3. The third-order valence-corrected chi connectivity index (χ3v) is 3.97. The van der Waals surface area contributed by atoms with Crippen LogP contribution in [0.1, 0.15) is 49.4 Å². The van der Waals surface area contributed by atoms with Crippen molar-refractivity contribution in [2.24, 2.45) is 0 Å². The summed E-state index contributed by atoms with van der Waals surface area (Å²) >= 11 is 0. The molecule has 0 heterocycles. The molecule has 0 radical (unpaired) electrons. The maximum Gasteiger partial charge on any atom is 0.269 e. The zero-order valence-electron chi connectivity index (χ0n) is 14.9. The number of anilines is 1. The van der Waals surface area contributed by atoms with Crippen molar-refractivity contribution in [1.29, 1.82) is 0 Å². The van der Waals surface area contributed by atoms with Gasteiger partial charge in [-0.2, -0.15) is 0 Å². The molecule has 0 unspecified atom stereocenters. The third kappa shape index (κ3) is 6.20. The molecule has 2 aromatic carbocycles. The van der Waals surface area contributed by atoms with E-state index in [0.29, 0.717) is 17.9 Å². The predicted octanol–water partition coefficient (Wildman–Crippen LogP) is 5.20. The molecule has 26 heavy (non-hydrogen) atoms. The minimum atomic E-state index is -0.496. The van der Waals surface area contributed by atoms with Crippen LogP contribution in [0, 0.1) is 10.1 Å². The summed E-state index contributed by atoms with van der Waals surface area (Å²) in [5.41, 5.74) is 0.962. The molecule has 1 amide bonds. The van der Waals surface area contributed by atoms with Crippen LogP contribution in [0.25, 0.3) is 0 Å². The molecule has 6 nitrogen and oxygen atoms in total. The largest absolute Gasteiger partial charge is 0.494 e. The monoisotopic (exact) mass is 356 g/mol. The van der Waals surface area contributed by atoms with Gasteiger partial charge < -0.3 is 10.1 Å². The van der Waals surface area contributed by atoms with Crippen molar-refractivity contribution < 1.29 is 14.5 Å². The Morgan fingerprint density at radius 1 is 1.00 bits per heavy atom. The second-order valence-corrected chi connectivity index (χ2v) is 6.05. The highest BCUT2D eigenvalue weighted by Gasteiger charge is 2.09.